The summed E-state index contributed by atoms with van der Waals surface area (Å²) in [6.45, 7) is 2.88. The van der Waals surface area contributed by atoms with E-state index < -0.39 is 5.60 Å². The SMILES string of the molecule is Cc1ccc(NC(=O)CN(C)CC2(O)CCCC2)cc1. The first-order valence-electron chi connectivity index (χ1n) is 7.24. The fourth-order valence-electron chi connectivity index (χ4n) is 2.83. The van der Waals surface area contributed by atoms with Gasteiger partial charge in [0.25, 0.3) is 0 Å². The number of aliphatic hydroxyl groups is 1. The number of nitrogens with one attached hydrogen (secondary N) is 1. The lowest BCUT2D eigenvalue weighted by Crippen LogP contribution is -2.42. The summed E-state index contributed by atoms with van der Waals surface area (Å²) < 4.78 is 0. The Balaban J connectivity index is 1.80. The molecule has 1 aliphatic carbocycles. The molecular weight excluding hydrogens is 252 g/mol. The molecule has 4 nitrogen and oxygen atoms in total. The molecule has 1 saturated carbocycles. The van der Waals surface area contributed by atoms with Gasteiger partial charge in [0, 0.05) is 12.2 Å². The first-order valence-corrected chi connectivity index (χ1v) is 7.24. The summed E-state index contributed by atoms with van der Waals surface area (Å²) in [5, 5.41) is 13.2. The van der Waals surface area contributed by atoms with Crippen molar-refractivity contribution in [3.05, 3.63) is 29.8 Å². The van der Waals surface area contributed by atoms with Crippen LogP contribution >= 0.6 is 0 Å². The summed E-state index contributed by atoms with van der Waals surface area (Å²) in [6, 6.07) is 7.75. The van der Waals surface area contributed by atoms with E-state index in [0.717, 1.165) is 31.4 Å². The fraction of sp³-hybridized carbons (Fsp3) is 0.562. The van der Waals surface area contributed by atoms with Crippen LogP contribution in [-0.4, -0.2) is 41.7 Å². The van der Waals surface area contributed by atoms with Gasteiger partial charge in [-0.1, -0.05) is 30.5 Å². The Hall–Kier alpha value is -1.39. The van der Waals surface area contributed by atoms with Gasteiger partial charge in [-0.3, -0.25) is 9.69 Å². The van der Waals surface area contributed by atoms with Crippen molar-refractivity contribution in [2.24, 2.45) is 0 Å². The summed E-state index contributed by atoms with van der Waals surface area (Å²) in [5.74, 6) is -0.0436. The summed E-state index contributed by atoms with van der Waals surface area (Å²) in [4.78, 5) is 13.8. The molecule has 0 saturated heterocycles. The van der Waals surface area contributed by atoms with Crippen LogP contribution in [0.2, 0.25) is 0 Å². The Kier molecular flexibility index (Phi) is 4.78. The van der Waals surface area contributed by atoms with Gasteiger partial charge < -0.3 is 10.4 Å². The third-order valence-corrected chi connectivity index (χ3v) is 3.85. The Morgan fingerprint density at radius 2 is 1.90 bits per heavy atom. The maximum Gasteiger partial charge on any atom is 0.238 e. The van der Waals surface area contributed by atoms with Crippen LogP contribution in [0.5, 0.6) is 0 Å². The van der Waals surface area contributed by atoms with E-state index in [9.17, 15) is 9.90 Å². The number of hydrogen-bond acceptors (Lipinski definition) is 3. The van der Waals surface area contributed by atoms with Crippen molar-refractivity contribution >= 4 is 11.6 Å². The zero-order valence-electron chi connectivity index (χ0n) is 12.4. The van der Waals surface area contributed by atoms with Gasteiger partial charge >= 0.3 is 0 Å². The monoisotopic (exact) mass is 276 g/mol. The number of amides is 1. The molecule has 4 heteroatoms. The van der Waals surface area contributed by atoms with Gasteiger partial charge in [-0.2, -0.15) is 0 Å². The fourth-order valence-corrected chi connectivity index (χ4v) is 2.83. The maximum absolute atomic E-state index is 12.0. The molecular formula is C16H24N2O2. The molecule has 0 atom stereocenters. The van der Waals surface area contributed by atoms with Gasteiger partial charge in [0.15, 0.2) is 0 Å². The minimum Gasteiger partial charge on any atom is -0.389 e. The predicted octanol–water partition coefficient (Wildman–Crippen LogP) is 2.17. The van der Waals surface area contributed by atoms with Crippen molar-refractivity contribution in [2.75, 3.05) is 25.5 Å². The number of rotatable bonds is 5. The van der Waals surface area contributed by atoms with E-state index in [1.165, 1.54) is 5.56 Å². The number of carbonyl (C=O) groups excluding carboxylic acids is 1. The second-order valence-corrected chi connectivity index (χ2v) is 6.02. The Morgan fingerprint density at radius 1 is 1.30 bits per heavy atom. The van der Waals surface area contributed by atoms with E-state index in [1.807, 2.05) is 43.1 Å². The van der Waals surface area contributed by atoms with Crippen molar-refractivity contribution in [1.29, 1.82) is 0 Å². The van der Waals surface area contributed by atoms with Crippen molar-refractivity contribution in [3.8, 4) is 0 Å². The molecule has 110 valence electrons. The highest BCUT2D eigenvalue weighted by molar-refractivity contribution is 5.92. The van der Waals surface area contributed by atoms with E-state index in [2.05, 4.69) is 5.32 Å². The summed E-state index contributed by atoms with van der Waals surface area (Å²) >= 11 is 0. The van der Waals surface area contributed by atoms with Crippen LogP contribution in [0.1, 0.15) is 31.2 Å². The summed E-state index contributed by atoms with van der Waals surface area (Å²) in [5.41, 5.74) is 1.39. The van der Waals surface area contributed by atoms with E-state index >= 15 is 0 Å². The van der Waals surface area contributed by atoms with Crippen LogP contribution in [0.15, 0.2) is 24.3 Å². The van der Waals surface area contributed by atoms with E-state index in [1.54, 1.807) is 0 Å². The van der Waals surface area contributed by atoms with Crippen molar-refractivity contribution in [2.45, 2.75) is 38.2 Å². The van der Waals surface area contributed by atoms with E-state index in [4.69, 9.17) is 0 Å². The van der Waals surface area contributed by atoms with Gasteiger partial charge in [-0.25, -0.2) is 0 Å². The van der Waals surface area contributed by atoms with Gasteiger partial charge in [0.05, 0.1) is 12.1 Å². The molecule has 2 rings (SSSR count). The van der Waals surface area contributed by atoms with Crippen molar-refractivity contribution in [3.63, 3.8) is 0 Å². The van der Waals surface area contributed by atoms with Crippen LogP contribution in [0.25, 0.3) is 0 Å². The van der Waals surface area contributed by atoms with Crippen molar-refractivity contribution in [1.82, 2.24) is 4.90 Å². The highest BCUT2D eigenvalue weighted by Gasteiger charge is 2.32. The van der Waals surface area contributed by atoms with Crippen LogP contribution < -0.4 is 5.32 Å². The second kappa shape index (κ2) is 6.37. The Labute approximate surface area is 120 Å². The lowest BCUT2D eigenvalue weighted by atomic mass is 10.0. The highest BCUT2D eigenvalue weighted by Crippen LogP contribution is 2.29. The van der Waals surface area contributed by atoms with Crippen LogP contribution in [-0.2, 0) is 4.79 Å². The molecule has 0 radical (unpaired) electrons. The standard InChI is InChI=1S/C16H24N2O2/c1-13-5-7-14(8-6-13)17-15(19)11-18(2)12-16(20)9-3-4-10-16/h5-8,20H,3-4,9-12H2,1-2H3,(H,17,19). The van der Waals surface area contributed by atoms with E-state index in [-0.39, 0.29) is 5.91 Å². The summed E-state index contributed by atoms with van der Waals surface area (Å²) in [6.07, 6.45) is 3.85. The molecule has 1 aliphatic rings. The third-order valence-electron chi connectivity index (χ3n) is 3.85. The minimum atomic E-state index is -0.598. The molecule has 1 amide bonds. The molecule has 0 unspecified atom stereocenters. The average molecular weight is 276 g/mol. The van der Waals surface area contributed by atoms with Crippen LogP contribution in [0.3, 0.4) is 0 Å². The zero-order valence-corrected chi connectivity index (χ0v) is 12.4. The molecule has 0 aromatic heterocycles. The van der Waals surface area contributed by atoms with Gasteiger partial charge in [0.1, 0.15) is 0 Å². The molecule has 1 fully saturated rings. The zero-order chi connectivity index (χ0) is 14.6. The Morgan fingerprint density at radius 3 is 2.50 bits per heavy atom. The third kappa shape index (κ3) is 4.32. The molecule has 20 heavy (non-hydrogen) atoms. The first kappa shape index (κ1) is 15.0. The maximum atomic E-state index is 12.0. The highest BCUT2D eigenvalue weighted by atomic mass is 16.3. The van der Waals surface area contributed by atoms with Crippen LogP contribution in [0, 0.1) is 6.92 Å². The first-order chi connectivity index (χ1) is 9.47. The average Bonchev–Trinajstić information content (AvgIpc) is 2.78. The van der Waals surface area contributed by atoms with E-state index in [0.29, 0.717) is 13.1 Å². The predicted molar refractivity (Wildman–Crippen MR) is 80.7 cm³/mol. The number of aryl methyl sites for hydroxylation is 1. The smallest absolute Gasteiger partial charge is 0.238 e. The molecule has 1 aromatic carbocycles. The normalized spacial score (nSPS) is 17.4. The number of hydrogen-bond donors (Lipinski definition) is 2. The Bertz CT molecular complexity index is 450. The molecule has 2 N–H and O–H groups in total. The number of benzene rings is 1. The number of anilines is 1. The number of carbonyl (C=O) groups is 1. The number of likely N-dealkylation sites (N-methyl/N-ethyl adjacent to an activating group) is 1. The summed E-state index contributed by atoms with van der Waals surface area (Å²) in [7, 11) is 1.88. The molecule has 1 aromatic rings. The number of nitrogens with zero attached hydrogens (tertiary/aromatic N) is 1. The van der Waals surface area contributed by atoms with Crippen molar-refractivity contribution < 1.29 is 9.90 Å². The van der Waals surface area contributed by atoms with Gasteiger partial charge in [0.2, 0.25) is 5.91 Å². The topological polar surface area (TPSA) is 52.6 Å². The molecule has 0 bridgehead atoms. The molecule has 0 spiro atoms. The molecule has 0 aliphatic heterocycles. The van der Waals surface area contributed by atoms with Crippen LogP contribution in [0.4, 0.5) is 5.69 Å². The van der Waals surface area contributed by atoms with Gasteiger partial charge in [-0.05, 0) is 38.9 Å². The quantitative estimate of drug-likeness (QED) is 0.866. The minimum absolute atomic E-state index is 0.0436. The molecule has 0 heterocycles. The largest absolute Gasteiger partial charge is 0.389 e. The second-order valence-electron chi connectivity index (χ2n) is 6.02. The lowest BCUT2D eigenvalue weighted by molar-refractivity contribution is -0.117. The lowest BCUT2D eigenvalue weighted by Gasteiger charge is -2.28. The van der Waals surface area contributed by atoms with Gasteiger partial charge in [-0.15, -0.1) is 0 Å².